The first kappa shape index (κ1) is 32.9. The second-order valence-electron chi connectivity index (χ2n) is 11.4. The van der Waals surface area contributed by atoms with Crippen molar-refractivity contribution in [2.24, 2.45) is 16.5 Å². The second kappa shape index (κ2) is 14.7. The lowest BCUT2D eigenvalue weighted by Crippen LogP contribution is -2.23. The lowest BCUT2D eigenvalue weighted by Gasteiger charge is -2.19. The Balaban J connectivity index is 1.57. The first-order valence-corrected chi connectivity index (χ1v) is 15.1. The van der Waals surface area contributed by atoms with E-state index in [2.05, 4.69) is 27.2 Å². The highest BCUT2D eigenvalue weighted by molar-refractivity contribution is 5.82. The molecule has 0 radical (unpaired) electrons. The van der Waals surface area contributed by atoms with E-state index in [0.717, 1.165) is 37.4 Å². The summed E-state index contributed by atoms with van der Waals surface area (Å²) in [4.78, 5) is 24.6. The SMILES string of the molecule is CCCC(NCCCN=C(C)N)c1ccc(-n2cc3cc(-c4ccc(C(F)(F)F)c(CCCC(C)N)c4)[nH]c3nc2=O)cc1. The Morgan fingerprint density at radius 3 is 2.52 bits per heavy atom. The Kier molecular flexibility index (Phi) is 11.0. The van der Waals surface area contributed by atoms with Crippen LogP contribution in [0.4, 0.5) is 13.2 Å². The third kappa shape index (κ3) is 8.57. The Labute approximate surface area is 255 Å². The van der Waals surface area contributed by atoms with Crippen LogP contribution in [0.5, 0.6) is 0 Å². The van der Waals surface area contributed by atoms with Crippen LogP contribution in [0.25, 0.3) is 28.0 Å². The molecule has 2 unspecified atom stereocenters. The molecule has 2 aromatic heterocycles. The molecule has 2 atom stereocenters. The summed E-state index contributed by atoms with van der Waals surface area (Å²) in [5.41, 5.74) is 13.9. The monoisotopic (exact) mass is 609 g/mol. The van der Waals surface area contributed by atoms with Gasteiger partial charge in [0.2, 0.25) is 0 Å². The smallest absolute Gasteiger partial charge is 0.388 e. The molecule has 0 aliphatic rings. The minimum Gasteiger partial charge on any atom is -0.388 e. The minimum atomic E-state index is -4.45. The number of aliphatic imine (C=N–C) groups is 1. The van der Waals surface area contributed by atoms with Crippen LogP contribution in [0.1, 0.15) is 75.6 Å². The Bertz CT molecular complexity index is 1620. The average molecular weight is 610 g/mol. The molecule has 0 saturated heterocycles. The molecule has 44 heavy (non-hydrogen) atoms. The Hall–Kier alpha value is -3.96. The van der Waals surface area contributed by atoms with E-state index in [9.17, 15) is 18.0 Å². The van der Waals surface area contributed by atoms with Gasteiger partial charge in [0, 0.05) is 35.9 Å². The summed E-state index contributed by atoms with van der Waals surface area (Å²) in [6.45, 7) is 7.26. The molecule has 2 aromatic carbocycles. The fraction of sp³-hybridized carbons (Fsp3) is 0.424. The van der Waals surface area contributed by atoms with Crippen molar-refractivity contribution in [1.82, 2.24) is 19.9 Å². The number of fused-ring (bicyclic) bond motifs is 1. The van der Waals surface area contributed by atoms with Crippen LogP contribution < -0.4 is 22.5 Å². The largest absolute Gasteiger partial charge is 0.416 e. The van der Waals surface area contributed by atoms with Gasteiger partial charge in [0.05, 0.1) is 17.1 Å². The van der Waals surface area contributed by atoms with Gasteiger partial charge in [-0.2, -0.15) is 18.2 Å². The van der Waals surface area contributed by atoms with E-state index in [1.165, 1.54) is 10.6 Å². The number of aromatic amines is 1. The van der Waals surface area contributed by atoms with Gasteiger partial charge in [-0.25, -0.2) is 4.79 Å². The lowest BCUT2D eigenvalue weighted by atomic mass is 9.97. The molecule has 4 rings (SSSR count). The minimum absolute atomic E-state index is 0.0810. The third-order valence-electron chi connectivity index (χ3n) is 7.57. The zero-order chi connectivity index (χ0) is 31.9. The number of nitrogens with two attached hydrogens (primary N) is 2. The maximum atomic E-state index is 13.7. The first-order chi connectivity index (χ1) is 21.0. The maximum absolute atomic E-state index is 13.7. The number of halogens is 3. The van der Waals surface area contributed by atoms with Gasteiger partial charge in [0.15, 0.2) is 0 Å². The summed E-state index contributed by atoms with van der Waals surface area (Å²) in [5, 5.41) is 4.26. The number of aromatic nitrogens is 3. The summed E-state index contributed by atoms with van der Waals surface area (Å²) < 4.78 is 42.6. The predicted octanol–water partition coefficient (Wildman–Crippen LogP) is 6.27. The molecule has 236 valence electrons. The molecule has 0 aliphatic carbocycles. The number of hydrogen-bond donors (Lipinski definition) is 4. The van der Waals surface area contributed by atoms with E-state index in [-0.39, 0.29) is 24.1 Å². The summed E-state index contributed by atoms with van der Waals surface area (Å²) >= 11 is 0. The molecule has 0 spiro atoms. The normalized spacial score (nSPS) is 13.8. The van der Waals surface area contributed by atoms with E-state index in [1.54, 1.807) is 25.3 Å². The van der Waals surface area contributed by atoms with Gasteiger partial charge in [-0.3, -0.25) is 9.56 Å². The topological polar surface area (TPSA) is 127 Å². The molecule has 4 aromatic rings. The van der Waals surface area contributed by atoms with Crippen molar-refractivity contribution in [2.45, 2.75) is 77.6 Å². The van der Waals surface area contributed by atoms with Crippen molar-refractivity contribution in [3.8, 4) is 16.9 Å². The lowest BCUT2D eigenvalue weighted by molar-refractivity contribution is -0.138. The number of aryl methyl sites for hydroxylation is 1. The average Bonchev–Trinajstić information content (AvgIpc) is 3.38. The van der Waals surface area contributed by atoms with Crippen LogP contribution in [0.3, 0.4) is 0 Å². The van der Waals surface area contributed by atoms with Gasteiger partial charge in [-0.15, -0.1) is 0 Å². The molecule has 0 amide bonds. The molecular weight excluding hydrogens is 567 g/mol. The number of amidine groups is 1. The van der Waals surface area contributed by atoms with Crippen LogP contribution in [0, 0.1) is 0 Å². The summed E-state index contributed by atoms with van der Waals surface area (Å²) in [6.07, 6.45) is 1.57. The number of nitrogens with one attached hydrogen (secondary N) is 2. The predicted molar refractivity (Wildman–Crippen MR) is 171 cm³/mol. The van der Waals surface area contributed by atoms with Gasteiger partial charge >= 0.3 is 11.9 Å². The quantitative estimate of drug-likeness (QED) is 0.0762. The summed E-state index contributed by atoms with van der Waals surface area (Å²) in [7, 11) is 0. The Morgan fingerprint density at radius 2 is 1.86 bits per heavy atom. The van der Waals surface area contributed by atoms with Crippen molar-refractivity contribution in [2.75, 3.05) is 13.1 Å². The number of alkyl halides is 3. The summed E-state index contributed by atoms with van der Waals surface area (Å²) in [6, 6.07) is 13.8. The van der Waals surface area contributed by atoms with Crippen LogP contribution in [-0.2, 0) is 12.6 Å². The molecular formula is C33H42F3N7O. The van der Waals surface area contributed by atoms with E-state index < -0.39 is 17.4 Å². The van der Waals surface area contributed by atoms with Crippen LogP contribution in [0.15, 0.2) is 64.5 Å². The van der Waals surface area contributed by atoms with E-state index in [1.807, 2.05) is 31.2 Å². The number of benzene rings is 2. The molecule has 8 nitrogen and oxygen atoms in total. The molecule has 6 N–H and O–H groups in total. The Morgan fingerprint density at radius 1 is 1.11 bits per heavy atom. The van der Waals surface area contributed by atoms with Crippen LogP contribution in [-0.4, -0.2) is 39.5 Å². The number of H-pyrrole nitrogens is 1. The van der Waals surface area contributed by atoms with E-state index in [0.29, 0.717) is 53.2 Å². The fourth-order valence-corrected chi connectivity index (χ4v) is 5.35. The van der Waals surface area contributed by atoms with Crippen molar-refractivity contribution in [3.63, 3.8) is 0 Å². The highest BCUT2D eigenvalue weighted by Gasteiger charge is 2.33. The maximum Gasteiger partial charge on any atom is 0.416 e. The van der Waals surface area contributed by atoms with E-state index >= 15 is 0 Å². The van der Waals surface area contributed by atoms with Crippen LogP contribution in [0.2, 0.25) is 0 Å². The van der Waals surface area contributed by atoms with Gasteiger partial charge in [-0.1, -0.05) is 31.5 Å². The number of rotatable bonds is 14. The van der Waals surface area contributed by atoms with Gasteiger partial charge in [0.1, 0.15) is 5.65 Å². The van der Waals surface area contributed by atoms with Crippen molar-refractivity contribution in [1.29, 1.82) is 0 Å². The molecule has 0 aliphatic heterocycles. The molecule has 2 heterocycles. The number of hydrogen-bond acceptors (Lipinski definition) is 5. The standard InChI is InChI=1S/C33H42F3N7O/c1-4-7-29(40-17-6-16-39-22(3)38)23-10-13-27(14-11-23)43-20-26-19-30(41-31(26)42-32(43)44)25-12-15-28(33(34,35)36)24(18-25)9-5-8-21(2)37/h10-15,18-21,29,40H,4-9,16-17,37H2,1-3H3,(H2,38,39)(H,41,42,44). The molecule has 0 bridgehead atoms. The van der Waals surface area contributed by atoms with Crippen molar-refractivity contribution in [3.05, 3.63) is 81.9 Å². The fourth-order valence-electron chi connectivity index (χ4n) is 5.35. The third-order valence-corrected chi connectivity index (χ3v) is 7.57. The van der Waals surface area contributed by atoms with E-state index in [4.69, 9.17) is 11.5 Å². The van der Waals surface area contributed by atoms with Crippen molar-refractivity contribution >= 4 is 16.9 Å². The van der Waals surface area contributed by atoms with Gasteiger partial charge < -0.3 is 21.8 Å². The number of nitrogens with zero attached hydrogens (tertiary/aromatic N) is 3. The highest BCUT2D eigenvalue weighted by atomic mass is 19.4. The molecule has 0 fully saturated rings. The highest BCUT2D eigenvalue weighted by Crippen LogP contribution is 2.35. The van der Waals surface area contributed by atoms with Gasteiger partial charge in [-0.05, 0) is 99.5 Å². The molecule has 11 heteroatoms. The summed E-state index contributed by atoms with van der Waals surface area (Å²) in [5.74, 6) is 0.585. The first-order valence-electron chi connectivity index (χ1n) is 15.1. The molecule has 0 saturated carbocycles. The second-order valence-corrected chi connectivity index (χ2v) is 11.4. The van der Waals surface area contributed by atoms with Gasteiger partial charge in [0.25, 0.3) is 0 Å². The van der Waals surface area contributed by atoms with Crippen LogP contribution >= 0.6 is 0 Å². The van der Waals surface area contributed by atoms with Crippen molar-refractivity contribution < 1.29 is 13.2 Å². The zero-order valence-electron chi connectivity index (χ0n) is 25.5. The zero-order valence-corrected chi connectivity index (χ0v) is 25.5.